The summed E-state index contributed by atoms with van der Waals surface area (Å²) in [4.78, 5) is 0. The van der Waals surface area contributed by atoms with Gasteiger partial charge in [0.2, 0.25) is 0 Å². The van der Waals surface area contributed by atoms with Gasteiger partial charge in [0.15, 0.2) is 0 Å². The minimum atomic E-state index is 0.623. The number of ether oxygens (including phenoxy) is 1. The number of fused-ring (bicyclic) bond motifs is 1. The molecule has 0 radical (unpaired) electrons. The number of nitrogens with one attached hydrogen (secondary N) is 1. The number of aryl methyl sites for hydroxylation is 1. The Morgan fingerprint density at radius 2 is 2.11 bits per heavy atom. The van der Waals surface area contributed by atoms with Gasteiger partial charge in [-0.3, -0.25) is 0 Å². The average Bonchev–Trinajstić information content (AvgIpc) is 2.84. The molecule has 0 aliphatic carbocycles. The molecule has 0 atom stereocenters. The van der Waals surface area contributed by atoms with Crippen molar-refractivity contribution >= 4 is 5.69 Å². The highest BCUT2D eigenvalue weighted by Crippen LogP contribution is 2.24. The first-order chi connectivity index (χ1) is 8.81. The number of benzene rings is 2. The highest BCUT2D eigenvalue weighted by Gasteiger charge is 2.09. The molecular formula is C16H17NO. The fourth-order valence-electron chi connectivity index (χ4n) is 2.30. The van der Waals surface area contributed by atoms with E-state index in [4.69, 9.17) is 4.74 Å². The lowest BCUT2D eigenvalue weighted by molar-refractivity contribution is 0.306. The summed E-state index contributed by atoms with van der Waals surface area (Å²) in [5.41, 5.74) is 5.11. The molecule has 0 fully saturated rings. The maximum Gasteiger partial charge on any atom is 0.120 e. The Hall–Kier alpha value is -1.96. The highest BCUT2D eigenvalue weighted by molar-refractivity contribution is 5.56. The van der Waals surface area contributed by atoms with Crippen LogP contribution in [0.15, 0.2) is 42.5 Å². The van der Waals surface area contributed by atoms with Crippen LogP contribution in [0.1, 0.15) is 16.7 Å². The third-order valence-electron chi connectivity index (χ3n) is 3.28. The van der Waals surface area contributed by atoms with E-state index in [-0.39, 0.29) is 0 Å². The zero-order valence-electron chi connectivity index (χ0n) is 10.6. The molecule has 0 aromatic heterocycles. The largest absolute Gasteiger partial charge is 0.489 e. The summed E-state index contributed by atoms with van der Waals surface area (Å²) in [6.07, 6.45) is 1.13. The van der Waals surface area contributed by atoms with Gasteiger partial charge in [-0.05, 0) is 48.2 Å². The van der Waals surface area contributed by atoms with Crippen molar-refractivity contribution in [1.29, 1.82) is 0 Å². The van der Waals surface area contributed by atoms with E-state index in [1.54, 1.807) is 0 Å². The Balaban J connectivity index is 1.70. The van der Waals surface area contributed by atoms with Gasteiger partial charge in [0.25, 0.3) is 0 Å². The summed E-state index contributed by atoms with van der Waals surface area (Å²) < 4.78 is 5.80. The van der Waals surface area contributed by atoms with Gasteiger partial charge < -0.3 is 10.1 Å². The summed E-state index contributed by atoms with van der Waals surface area (Å²) in [5, 5.41) is 3.39. The summed E-state index contributed by atoms with van der Waals surface area (Å²) in [6.45, 7) is 3.75. The zero-order valence-corrected chi connectivity index (χ0v) is 10.6. The average molecular weight is 239 g/mol. The predicted molar refractivity (Wildman–Crippen MR) is 74.1 cm³/mol. The van der Waals surface area contributed by atoms with E-state index in [1.165, 1.54) is 22.4 Å². The quantitative estimate of drug-likeness (QED) is 0.884. The minimum Gasteiger partial charge on any atom is -0.489 e. The molecule has 1 heterocycles. The van der Waals surface area contributed by atoms with Crippen LogP contribution in [0.5, 0.6) is 5.75 Å². The lowest BCUT2D eigenvalue weighted by Crippen LogP contribution is -1.97. The van der Waals surface area contributed by atoms with Crippen LogP contribution >= 0.6 is 0 Å². The van der Waals surface area contributed by atoms with E-state index < -0.39 is 0 Å². The van der Waals surface area contributed by atoms with E-state index in [0.717, 1.165) is 18.7 Å². The molecule has 2 aromatic carbocycles. The Labute approximate surface area is 108 Å². The molecule has 18 heavy (non-hydrogen) atoms. The molecule has 1 aliphatic heterocycles. The number of rotatable bonds is 3. The topological polar surface area (TPSA) is 21.3 Å². The van der Waals surface area contributed by atoms with Crippen LogP contribution in [0.3, 0.4) is 0 Å². The number of hydrogen-bond acceptors (Lipinski definition) is 2. The van der Waals surface area contributed by atoms with Crippen molar-refractivity contribution in [3.63, 3.8) is 0 Å². The Kier molecular flexibility index (Phi) is 2.93. The van der Waals surface area contributed by atoms with Gasteiger partial charge in [-0.25, -0.2) is 0 Å². The molecule has 92 valence electrons. The van der Waals surface area contributed by atoms with E-state index in [9.17, 15) is 0 Å². The van der Waals surface area contributed by atoms with E-state index in [1.807, 2.05) is 12.1 Å². The molecule has 1 aliphatic rings. The maximum atomic E-state index is 5.80. The number of hydrogen-bond donors (Lipinski definition) is 1. The molecule has 3 rings (SSSR count). The SMILES string of the molecule is Cc1cccc(OCc2ccc3c(c2)NCC3)c1. The molecule has 2 aromatic rings. The molecule has 2 heteroatoms. The fourth-order valence-corrected chi connectivity index (χ4v) is 2.30. The third-order valence-corrected chi connectivity index (χ3v) is 3.28. The maximum absolute atomic E-state index is 5.80. The molecule has 0 bridgehead atoms. The van der Waals surface area contributed by atoms with Crippen LogP contribution < -0.4 is 10.1 Å². The van der Waals surface area contributed by atoms with E-state index in [2.05, 4.69) is 42.6 Å². The van der Waals surface area contributed by atoms with Gasteiger partial charge in [0.1, 0.15) is 12.4 Å². The summed E-state index contributed by atoms with van der Waals surface area (Å²) in [5.74, 6) is 0.934. The van der Waals surface area contributed by atoms with Gasteiger partial charge in [0, 0.05) is 12.2 Å². The molecule has 2 nitrogen and oxygen atoms in total. The zero-order chi connectivity index (χ0) is 12.4. The Morgan fingerprint density at radius 1 is 1.17 bits per heavy atom. The van der Waals surface area contributed by atoms with Crippen molar-refractivity contribution in [3.8, 4) is 5.75 Å². The van der Waals surface area contributed by atoms with E-state index >= 15 is 0 Å². The Morgan fingerprint density at radius 3 is 3.00 bits per heavy atom. The second-order valence-corrected chi connectivity index (χ2v) is 4.77. The van der Waals surface area contributed by atoms with Crippen molar-refractivity contribution in [2.75, 3.05) is 11.9 Å². The van der Waals surface area contributed by atoms with Crippen LogP contribution in [0.2, 0.25) is 0 Å². The molecule has 1 N–H and O–H groups in total. The second kappa shape index (κ2) is 4.73. The van der Waals surface area contributed by atoms with Crippen molar-refractivity contribution < 1.29 is 4.74 Å². The first-order valence-corrected chi connectivity index (χ1v) is 6.36. The summed E-state index contributed by atoms with van der Waals surface area (Å²) in [7, 11) is 0. The predicted octanol–water partition coefficient (Wildman–Crippen LogP) is 3.54. The van der Waals surface area contributed by atoms with Crippen molar-refractivity contribution in [2.45, 2.75) is 20.0 Å². The van der Waals surface area contributed by atoms with Crippen molar-refractivity contribution in [1.82, 2.24) is 0 Å². The lowest BCUT2D eigenvalue weighted by Gasteiger charge is -2.08. The normalized spacial score (nSPS) is 12.9. The standard InChI is InChI=1S/C16H17NO/c1-12-3-2-4-15(9-12)18-11-13-5-6-14-7-8-17-16(14)10-13/h2-6,9-10,17H,7-8,11H2,1H3. The smallest absolute Gasteiger partial charge is 0.120 e. The van der Waals surface area contributed by atoms with Crippen LogP contribution in [0.4, 0.5) is 5.69 Å². The molecule has 0 saturated heterocycles. The van der Waals surface area contributed by atoms with Crippen LogP contribution in [0, 0.1) is 6.92 Å². The van der Waals surface area contributed by atoms with Gasteiger partial charge in [-0.2, -0.15) is 0 Å². The van der Waals surface area contributed by atoms with Gasteiger partial charge >= 0.3 is 0 Å². The van der Waals surface area contributed by atoms with Gasteiger partial charge in [-0.1, -0.05) is 24.3 Å². The highest BCUT2D eigenvalue weighted by atomic mass is 16.5. The summed E-state index contributed by atoms with van der Waals surface area (Å²) >= 11 is 0. The number of anilines is 1. The first kappa shape index (κ1) is 11.1. The first-order valence-electron chi connectivity index (χ1n) is 6.36. The minimum absolute atomic E-state index is 0.623. The fraction of sp³-hybridized carbons (Fsp3) is 0.250. The van der Waals surface area contributed by atoms with Crippen molar-refractivity contribution in [3.05, 3.63) is 59.2 Å². The molecule has 0 unspecified atom stereocenters. The van der Waals surface area contributed by atoms with Gasteiger partial charge in [0.05, 0.1) is 0 Å². The van der Waals surface area contributed by atoms with Crippen molar-refractivity contribution in [2.24, 2.45) is 0 Å². The molecule has 0 spiro atoms. The summed E-state index contributed by atoms with van der Waals surface area (Å²) in [6, 6.07) is 14.7. The van der Waals surface area contributed by atoms with Crippen LogP contribution in [0.25, 0.3) is 0 Å². The lowest BCUT2D eigenvalue weighted by atomic mass is 10.1. The molecular weight excluding hydrogens is 222 g/mol. The monoisotopic (exact) mass is 239 g/mol. The second-order valence-electron chi connectivity index (χ2n) is 4.77. The third kappa shape index (κ3) is 2.33. The van der Waals surface area contributed by atoms with Crippen LogP contribution in [-0.4, -0.2) is 6.54 Å². The molecule has 0 amide bonds. The van der Waals surface area contributed by atoms with Gasteiger partial charge in [-0.15, -0.1) is 0 Å². The van der Waals surface area contributed by atoms with E-state index in [0.29, 0.717) is 6.61 Å². The molecule has 0 saturated carbocycles. The van der Waals surface area contributed by atoms with Crippen LogP contribution in [-0.2, 0) is 13.0 Å². The Bertz CT molecular complexity index is 563.